The van der Waals surface area contributed by atoms with Crippen LogP contribution in [0.3, 0.4) is 0 Å². The number of hydrogen-bond acceptors (Lipinski definition) is 4. The number of carbonyl (C=O) groups is 2. The molecule has 0 heterocycles. The molecular formula is C32H41N3O4S. The Hall–Kier alpha value is -3.65. The average molecular weight is 564 g/mol. The van der Waals surface area contributed by atoms with Crippen LogP contribution in [0, 0.1) is 6.92 Å². The molecule has 0 bridgehead atoms. The number of sulfonamides is 1. The lowest BCUT2D eigenvalue weighted by Crippen LogP contribution is -2.51. The Kier molecular flexibility index (Phi) is 10.9. The minimum Gasteiger partial charge on any atom is -0.354 e. The number of nitrogens with one attached hydrogen (secondary N) is 1. The molecule has 3 aromatic carbocycles. The van der Waals surface area contributed by atoms with Gasteiger partial charge in [-0.05, 0) is 61.6 Å². The Labute approximate surface area is 239 Å². The number of benzene rings is 3. The van der Waals surface area contributed by atoms with Crippen molar-refractivity contribution in [1.82, 2.24) is 10.2 Å². The first-order chi connectivity index (χ1) is 19.0. The molecule has 214 valence electrons. The van der Waals surface area contributed by atoms with Gasteiger partial charge in [-0.15, -0.1) is 0 Å². The molecule has 0 aliphatic heterocycles. The van der Waals surface area contributed by atoms with Gasteiger partial charge in [0.1, 0.15) is 12.6 Å². The molecular weight excluding hydrogens is 522 g/mol. The van der Waals surface area contributed by atoms with Crippen LogP contribution in [0.15, 0.2) is 83.8 Å². The van der Waals surface area contributed by atoms with Gasteiger partial charge in [0.15, 0.2) is 0 Å². The Morgan fingerprint density at radius 2 is 1.50 bits per heavy atom. The zero-order valence-corrected chi connectivity index (χ0v) is 24.9. The molecule has 1 N–H and O–H groups in total. The normalized spacial score (nSPS) is 12.2. The Balaban J connectivity index is 2.00. The van der Waals surface area contributed by atoms with Crippen LogP contribution >= 0.6 is 0 Å². The van der Waals surface area contributed by atoms with Crippen LogP contribution < -0.4 is 9.62 Å². The SMILES string of the molecule is CCCCNC(=O)C(C)N(Cc1ccccc1)C(=O)CN(c1ccc(C(C)C)cc1)S(=O)(=O)c1ccc(C)cc1. The fraction of sp³-hybridized carbons (Fsp3) is 0.375. The van der Waals surface area contributed by atoms with Crippen molar-refractivity contribution in [2.24, 2.45) is 0 Å². The lowest BCUT2D eigenvalue weighted by molar-refractivity contribution is -0.139. The summed E-state index contributed by atoms with van der Waals surface area (Å²) in [4.78, 5) is 28.5. The van der Waals surface area contributed by atoms with Gasteiger partial charge in [0.05, 0.1) is 10.6 Å². The molecule has 7 nitrogen and oxygen atoms in total. The zero-order valence-electron chi connectivity index (χ0n) is 24.1. The van der Waals surface area contributed by atoms with Gasteiger partial charge in [-0.1, -0.05) is 87.4 Å². The second-order valence-electron chi connectivity index (χ2n) is 10.4. The number of aryl methyl sites for hydroxylation is 1. The van der Waals surface area contributed by atoms with Crippen molar-refractivity contribution < 1.29 is 18.0 Å². The first kappa shape index (κ1) is 30.9. The van der Waals surface area contributed by atoms with Crippen molar-refractivity contribution in [3.63, 3.8) is 0 Å². The Bertz CT molecular complexity index is 1360. The predicted molar refractivity (Wildman–Crippen MR) is 161 cm³/mol. The average Bonchev–Trinajstić information content (AvgIpc) is 2.95. The molecule has 0 aromatic heterocycles. The third kappa shape index (κ3) is 7.94. The van der Waals surface area contributed by atoms with Gasteiger partial charge in [0.25, 0.3) is 10.0 Å². The van der Waals surface area contributed by atoms with E-state index in [4.69, 9.17) is 0 Å². The molecule has 0 radical (unpaired) electrons. The summed E-state index contributed by atoms with van der Waals surface area (Å²) in [5.41, 5.74) is 3.22. The highest BCUT2D eigenvalue weighted by atomic mass is 32.2. The second kappa shape index (κ2) is 14.1. The summed E-state index contributed by atoms with van der Waals surface area (Å²) in [6, 6.07) is 22.4. The molecule has 40 heavy (non-hydrogen) atoms. The van der Waals surface area contributed by atoms with Gasteiger partial charge in [0.2, 0.25) is 11.8 Å². The van der Waals surface area contributed by atoms with Gasteiger partial charge < -0.3 is 10.2 Å². The Morgan fingerprint density at radius 1 is 0.875 bits per heavy atom. The first-order valence-electron chi connectivity index (χ1n) is 13.8. The molecule has 1 atom stereocenters. The third-order valence-electron chi connectivity index (χ3n) is 6.93. The molecule has 0 spiro atoms. The van der Waals surface area contributed by atoms with Crippen molar-refractivity contribution in [1.29, 1.82) is 0 Å². The van der Waals surface area contributed by atoms with Crippen LogP contribution in [0.5, 0.6) is 0 Å². The topological polar surface area (TPSA) is 86.8 Å². The summed E-state index contributed by atoms with van der Waals surface area (Å²) >= 11 is 0. The summed E-state index contributed by atoms with van der Waals surface area (Å²) in [6.45, 7) is 9.97. The number of carbonyl (C=O) groups excluding carboxylic acids is 2. The second-order valence-corrected chi connectivity index (χ2v) is 12.3. The molecule has 3 aromatic rings. The summed E-state index contributed by atoms with van der Waals surface area (Å²) in [5, 5.41) is 2.90. The third-order valence-corrected chi connectivity index (χ3v) is 8.72. The molecule has 2 amide bonds. The largest absolute Gasteiger partial charge is 0.354 e. The van der Waals surface area contributed by atoms with Crippen molar-refractivity contribution in [3.05, 3.63) is 95.6 Å². The first-order valence-corrected chi connectivity index (χ1v) is 15.3. The van der Waals surface area contributed by atoms with Crippen LogP contribution in [-0.2, 0) is 26.2 Å². The quantitative estimate of drug-likeness (QED) is 0.273. The fourth-order valence-electron chi connectivity index (χ4n) is 4.29. The maximum Gasteiger partial charge on any atom is 0.264 e. The summed E-state index contributed by atoms with van der Waals surface area (Å²) in [7, 11) is -4.08. The van der Waals surface area contributed by atoms with Crippen molar-refractivity contribution in [2.45, 2.75) is 70.9 Å². The highest BCUT2D eigenvalue weighted by molar-refractivity contribution is 7.92. The van der Waals surface area contributed by atoms with E-state index in [1.165, 1.54) is 4.90 Å². The lowest BCUT2D eigenvalue weighted by atomic mass is 10.0. The van der Waals surface area contributed by atoms with Crippen LogP contribution in [0.2, 0.25) is 0 Å². The van der Waals surface area contributed by atoms with Crippen LogP contribution in [0.1, 0.15) is 63.1 Å². The lowest BCUT2D eigenvalue weighted by Gasteiger charge is -2.32. The van der Waals surface area contributed by atoms with Gasteiger partial charge >= 0.3 is 0 Å². The molecule has 3 rings (SSSR count). The van der Waals surface area contributed by atoms with E-state index >= 15 is 0 Å². The van der Waals surface area contributed by atoms with E-state index in [0.29, 0.717) is 12.2 Å². The van der Waals surface area contributed by atoms with Crippen molar-refractivity contribution in [3.8, 4) is 0 Å². The molecule has 1 unspecified atom stereocenters. The van der Waals surface area contributed by atoms with Crippen molar-refractivity contribution >= 4 is 27.5 Å². The molecule has 0 saturated heterocycles. The molecule has 0 fully saturated rings. The molecule has 0 saturated carbocycles. The van der Waals surface area contributed by atoms with Gasteiger partial charge in [-0.2, -0.15) is 0 Å². The predicted octanol–water partition coefficient (Wildman–Crippen LogP) is 5.65. The zero-order chi connectivity index (χ0) is 29.3. The fourth-order valence-corrected chi connectivity index (χ4v) is 5.70. The van der Waals surface area contributed by atoms with E-state index in [9.17, 15) is 18.0 Å². The highest BCUT2D eigenvalue weighted by Crippen LogP contribution is 2.27. The van der Waals surface area contributed by atoms with Crippen molar-refractivity contribution in [2.75, 3.05) is 17.4 Å². The minimum absolute atomic E-state index is 0.0961. The standard InChI is InChI=1S/C32H41N3O4S/c1-6-7-21-33-32(37)26(5)34(22-27-11-9-8-10-12-27)31(36)23-35(29-17-15-28(16-18-29)24(2)3)40(38,39)30-19-13-25(4)14-20-30/h8-20,24,26H,6-7,21-23H2,1-5H3,(H,33,37). The van der Waals surface area contributed by atoms with E-state index in [1.54, 1.807) is 43.3 Å². The van der Waals surface area contributed by atoms with E-state index in [2.05, 4.69) is 19.2 Å². The van der Waals surface area contributed by atoms with E-state index in [-0.39, 0.29) is 23.3 Å². The Morgan fingerprint density at radius 3 is 2.08 bits per heavy atom. The number of rotatable bonds is 13. The van der Waals surface area contributed by atoms with Gasteiger partial charge in [-0.25, -0.2) is 8.42 Å². The monoisotopic (exact) mass is 563 g/mol. The van der Waals surface area contributed by atoms with Crippen LogP contribution in [0.4, 0.5) is 5.69 Å². The number of anilines is 1. The van der Waals surface area contributed by atoms with Crippen LogP contribution in [-0.4, -0.2) is 44.3 Å². The molecule has 8 heteroatoms. The van der Waals surface area contributed by atoms with Crippen LogP contribution in [0.25, 0.3) is 0 Å². The highest BCUT2D eigenvalue weighted by Gasteiger charge is 2.32. The summed E-state index contributed by atoms with van der Waals surface area (Å²) < 4.78 is 29.0. The number of amides is 2. The van der Waals surface area contributed by atoms with E-state index < -0.39 is 28.5 Å². The maximum absolute atomic E-state index is 14.0. The van der Waals surface area contributed by atoms with E-state index in [0.717, 1.165) is 33.8 Å². The van der Waals surface area contributed by atoms with Gasteiger partial charge in [0, 0.05) is 13.1 Å². The molecule has 0 aliphatic carbocycles. The number of nitrogens with zero attached hydrogens (tertiary/aromatic N) is 2. The number of unbranched alkanes of at least 4 members (excludes halogenated alkanes) is 1. The minimum atomic E-state index is -4.08. The van der Waals surface area contributed by atoms with E-state index in [1.807, 2.05) is 56.3 Å². The summed E-state index contributed by atoms with van der Waals surface area (Å²) in [5.74, 6) is -0.469. The molecule has 0 aliphatic rings. The smallest absolute Gasteiger partial charge is 0.264 e. The number of hydrogen-bond donors (Lipinski definition) is 1. The summed E-state index contributed by atoms with van der Waals surface area (Å²) in [6.07, 6.45) is 1.77. The maximum atomic E-state index is 14.0. The van der Waals surface area contributed by atoms with Gasteiger partial charge in [-0.3, -0.25) is 13.9 Å².